The van der Waals surface area contributed by atoms with Crippen molar-refractivity contribution in [3.63, 3.8) is 0 Å². The van der Waals surface area contributed by atoms with E-state index < -0.39 is 0 Å². The predicted octanol–water partition coefficient (Wildman–Crippen LogP) is 2.00. The Hall–Kier alpha value is -1.53. The van der Waals surface area contributed by atoms with Gasteiger partial charge in [-0.2, -0.15) is 0 Å². The first-order chi connectivity index (χ1) is 6.83. The predicted molar refractivity (Wildman–Crippen MR) is 64.1 cm³/mol. The van der Waals surface area contributed by atoms with Gasteiger partial charge in [-0.3, -0.25) is 0 Å². The maximum Gasteiger partial charge on any atom is 0.170 e. The average Bonchev–Trinajstić information content (AvgIpc) is 2.20. The summed E-state index contributed by atoms with van der Waals surface area (Å²) in [6.45, 7) is 0.704. The van der Waals surface area contributed by atoms with E-state index in [-0.39, 0.29) is 0 Å². The number of benzene rings is 1. The lowest BCUT2D eigenvalue weighted by atomic mass is 10.3. The Bertz CT molecular complexity index is 327. The Labute approximate surface area is 89.7 Å². The van der Waals surface area contributed by atoms with Crippen molar-refractivity contribution >= 4 is 23.0 Å². The third-order valence-corrected chi connectivity index (χ3v) is 1.83. The molecule has 0 saturated carbocycles. The molecule has 1 aromatic carbocycles. The zero-order valence-electron chi connectivity index (χ0n) is 7.79. The Morgan fingerprint density at radius 3 is 2.71 bits per heavy atom. The normalized spacial score (nSPS) is 8.79. The van der Waals surface area contributed by atoms with Crippen LogP contribution < -0.4 is 10.6 Å². The van der Waals surface area contributed by atoms with Gasteiger partial charge in [0, 0.05) is 18.7 Å². The molecule has 3 heteroatoms. The second-order valence-corrected chi connectivity index (χ2v) is 3.11. The molecule has 0 aromatic heterocycles. The van der Waals surface area contributed by atoms with Crippen LogP contribution in [-0.2, 0) is 0 Å². The minimum atomic E-state index is 0.603. The van der Waals surface area contributed by atoms with Gasteiger partial charge >= 0.3 is 0 Å². The molecule has 2 N–H and O–H groups in total. The molecule has 0 aliphatic carbocycles. The fourth-order valence-corrected chi connectivity index (χ4v) is 1.16. The topological polar surface area (TPSA) is 24.1 Å². The summed E-state index contributed by atoms with van der Waals surface area (Å²) in [5.74, 6) is 2.54. The number of thiocarbonyl (C=S) groups is 1. The molecule has 0 bridgehead atoms. The molecule has 72 valence electrons. The van der Waals surface area contributed by atoms with Crippen molar-refractivity contribution in [3.05, 3.63) is 30.3 Å². The highest BCUT2D eigenvalue weighted by Gasteiger charge is 1.94. The van der Waals surface area contributed by atoms with Gasteiger partial charge in [-0.05, 0) is 24.4 Å². The number of hydrogen-bond acceptors (Lipinski definition) is 1. The van der Waals surface area contributed by atoms with Crippen LogP contribution in [0.15, 0.2) is 30.3 Å². The lowest BCUT2D eigenvalue weighted by Gasteiger charge is -2.08. The van der Waals surface area contributed by atoms with Crippen LogP contribution in [0.25, 0.3) is 0 Å². The van der Waals surface area contributed by atoms with E-state index in [1.807, 2.05) is 30.3 Å². The van der Waals surface area contributed by atoms with Gasteiger partial charge in [0.1, 0.15) is 0 Å². The third kappa shape index (κ3) is 3.92. The van der Waals surface area contributed by atoms with E-state index in [1.165, 1.54) is 0 Å². The first-order valence-electron chi connectivity index (χ1n) is 4.36. The molecule has 0 heterocycles. The molecular formula is C11H12N2S. The van der Waals surface area contributed by atoms with E-state index in [0.29, 0.717) is 18.1 Å². The molecule has 0 spiro atoms. The second-order valence-electron chi connectivity index (χ2n) is 2.70. The Morgan fingerprint density at radius 2 is 2.07 bits per heavy atom. The first-order valence-corrected chi connectivity index (χ1v) is 4.77. The Kier molecular flexibility index (Phi) is 4.53. The maximum atomic E-state index is 5.11. The van der Waals surface area contributed by atoms with Gasteiger partial charge in [0.15, 0.2) is 5.11 Å². The molecule has 0 saturated heterocycles. The van der Waals surface area contributed by atoms with Crippen LogP contribution in [-0.4, -0.2) is 11.7 Å². The quantitative estimate of drug-likeness (QED) is 0.447. The highest BCUT2D eigenvalue weighted by atomic mass is 32.1. The van der Waals surface area contributed by atoms with Crippen molar-refractivity contribution in [3.8, 4) is 12.3 Å². The van der Waals surface area contributed by atoms with E-state index in [2.05, 4.69) is 16.6 Å². The standard InChI is InChI=1S/C11H12N2S/c1-2-3-9-12-11(14)13-10-7-5-4-6-8-10/h1,4-8H,3,9H2,(H2,12,13,14). The Morgan fingerprint density at radius 1 is 1.36 bits per heavy atom. The van der Waals surface area contributed by atoms with Gasteiger partial charge in [-0.1, -0.05) is 18.2 Å². The summed E-state index contributed by atoms with van der Waals surface area (Å²) < 4.78 is 0. The Balaban J connectivity index is 2.32. The van der Waals surface area contributed by atoms with E-state index in [4.69, 9.17) is 18.6 Å². The molecule has 1 aromatic rings. The molecule has 0 unspecified atom stereocenters. The lowest BCUT2D eigenvalue weighted by Crippen LogP contribution is -2.28. The number of anilines is 1. The summed E-state index contributed by atoms with van der Waals surface area (Å²) in [4.78, 5) is 0. The van der Waals surface area contributed by atoms with Crippen molar-refractivity contribution in [1.29, 1.82) is 0 Å². The molecule has 1 rings (SSSR count). The molecule has 2 nitrogen and oxygen atoms in total. The molecule has 0 radical (unpaired) electrons. The van der Waals surface area contributed by atoms with Gasteiger partial charge in [-0.25, -0.2) is 0 Å². The molecule has 0 aliphatic heterocycles. The van der Waals surface area contributed by atoms with Gasteiger partial charge < -0.3 is 10.6 Å². The summed E-state index contributed by atoms with van der Waals surface area (Å²) in [5.41, 5.74) is 0.978. The van der Waals surface area contributed by atoms with Crippen molar-refractivity contribution in [2.24, 2.45) is 0 Å². The molecule has 0 aliphatic rings. The minimum absolute atomic E-state index is 0.603. The summed E-state index contributed by atoms with van der Waals surface area (Å²) in [7, 11) is 0. The number of hydrogen-bond donors (Lipinski definition) is 2. The van der Waals surface area contributed by atoms with Crippen molar-refractivity contribution < 1.29 is 0 Å². The second kappa shape index (κ2) is 6.01. The average molecular weight is 204 g/mol. The van der Waals surface area contributed by atoms with Gasteiger partial charge in [0.2, 0.25) is 0 Å². The van der Waals surface area contributed by atoms with Crippen LogP contribution in [0.4, 0.5) is 5.69 Å². The molecule has 14 heavy (non-hydrogen) atoms. The van der Waals surface area contributed by atoms with Crippen molar-refractivity contribution in [2.75, 3.05) is 11.9 Å². The van der Waals surface area contributed by atoms with Crippen LogP contribution in [0, 0.1) is 12.3 Å². The number of terminal acetylenes is 1. The van der Waals surface area contributed by atoms with E-state index in [9.17, 15) is 0 Å². The van der Waals surface area contributed by atoms with Crippen LogP contribution in [0.2, 0.25) is 0 Å². The lowest BCUT2D eigenvalue weighted by molar-refractivity contribution is 0.914. The summed E-state index contributed by atoms with van der Waals surface area (Å²) in [5, 5.41) is 6.67. The highest BCUT2D eigenvalue weighted by Crippen LogP contribution is 2.03. The summed E-state index contributed by atoms with van der Waals surface area (Å²) in [6.07, 6.45) is 5.79. The monoisotopic (exact) mass is 204 g/mol. The fraction of sp³-hybridized carbons (Fsp3) is 0.182. The number of rotatable bonds is 3. The highest BCUT2D eigenvalue weighted by molar-refractivity contribution is 7.80. The van der Waals surface area contributed by atoms with Crippen LogP contribution >= 0.6 is 12.2 Å². The largest absolute Gasteiger partial charge is 0.361 e. The minimum Gasteiger partial charge on any atom is -0.361 e. The molecular weight excluding hydrogens is 192 g/mol. The van der Waals surface area contributed by atoms with Crippen LogP contribution in [0.5, 0.6) is 0 Å². The summed E-state index contributed by atoms with van der Waals surface area (Å²) >= 11 is 5.06. The fourth-order valence-electron chi connectivity index (χ4n) is 0.945. The zero-order valence-corrected chi connectivity index (χ0v) is 8.60. The SMILES string of the molecule is C#CCCNC(=S)Nc1ccccc1. The van der Waals surface area contributed by atoms with E-state index in [1.54, 1.807) is 0 Å². The number of para-hydroxylation sites is 1. The molecule has 0 atom stereocenters. The van der Waals surface area contributed by atoms with Crippen molar-refractivity contribution in [2.45, 2.75) is 6.42 Å². The molecule has 0 fully saturated rings. The van der Waals surface area contributed by atoms with Gasteiger partial charge in [-0.15, -0.1) is 12.3 Å². The third-order valence-electron chi connectivity index (χ3n) is 1.59. The van der Waals surface area contributed by atoms with Crippen LogP contribution in [0.1, 0.15) is 6.42 Å². The van der Waals surface area contributed by atoms with Crippen LogP contribution in [0.3, 0.4) is 0 Å². The van der Waals surface area contributed by atoms with Crippen molar-refractivity contribution in [1.82, 2.24) is 5.32 Å². The maximum absolute atomic E-state index is 5.11. The van der Waals surface area contributed by atoms with Gasteiger partial charge in [0.05, 0.1) is 0 Å². The summed E-state index contributed by atoms with van der Waals surface area (Å²) in [6, 6.07) is 9.77. The zero-order chi connectivity index (χ0) is 10.2. The van der Waals surface area contributed by atoms with E-state index in [0.717, 1.165) is 5.69 Å². The van der Waals surface area contributed by atoms with Gasteiger partial charge in [0.25, 0.3) is 0 Å². The first kappa shape index (κ1) is 10.6. The smallest absolute Gasteiger partial charge is 0.170 e. The number of nitrogens with one attached hydrogen (secondary N) is 2. The molecule has 0 amide bonds. The van der Waals surface area contributed by atoms with E-state index >= 15 is 0 Å².